The van der Waals surface area contributed by atoms with Crippen molar-refractivity contribution in [2.45, 2.75) is 39.2 Å². The van der Waals surface area contributed by atoms with E-state index in [9.17, 15) is 4.79 Å². The number of nitrogens with zero attached hydrogens (tertiary/aromatic N) is 6. The highest BCUT2D eigenvalue weighted by Crippen LogP contribution is 2.28. The molecule has 1 aliphatic heterocycles. The molecule has 0 saturated carbocycles. The van der Waals surface area contributed by atoms with E-state index in [2.05, 4.69) is 49.9 Å². The second-order valence-corrected chi connectivity index (χ2v) is 7.77. The summed E-state index contributed by atoms with van der Waals surface area (Å²) in [7, 11) is 1.95. The monoisotopic (exact) mass is 395 g/mol. The maximum atomic E-state index is 12.6. The Kier molecular flexibility index (Phi) is 5.62. The van der Waals surface area contributed by atoms with Crippen molar-refractivity contribution in [2.75, 3.05) is 31.1 Å². The van der Waals surface area contributed by atoms with Gasteiger partial charge in [0, 0.05) is 56.3 Å². The van der Waals surface area contributed by atoms with Crippen LogP contribution in [0.5, 0.6) is 0 Å². The zero-order valence-corrected chi connectivity index (χ0v) is 17.4. The topological polar surface area (TPSA) is 82.9 Å². The van der Waals surface area contributed by atoms with Gasteiger partial charge >= 0.3 is 0 Å². The van der Waals surface area contributed by atoms with Crippen LogP contribution in [0.3, 0.4) is 0 Å². The van der Waals surface area contributed by atoms with Gasteiger partial charge in [0.05, 0.1) is 17.1 Å². The van der Waals surface area contributed by atoms with Gasteiger partial charge in [0.2, 0.25) is 5.95 Å². The smallest absolute Gasteiger partial charge is 0.259 e. The zero-order valence-electron chi connectivity index (χ0n) is 17.4. The van der Waals surface area contributed by atoms with Gasteiger partial charge < -0.3 is 9.88 Å². The van der Waals surface area contributed by atoms with Crippen LogP contribution >= 0.6 is 0 Å². The Labute approximate surface area is 170 Å². The van der Waals surface area contributed by atoms with Crippen molar-refractivity contribution in [2.24, 2.45) is 7.05 Å². The molecular weight excluding hydrogens is 366 g/mol. The number of pyridine rings is 1. The summed E-state index contributed by atoms with van der Waals surface area (Å²) in [5, 5.41) is 4.80. The SMILES string of the molecule is CCN(CC)c1ncc2c(=O)[nH]c(C3CCN(Cc4cnn(C)c4)CC3)cc2n1. The lowest BCUT2D eigenvalue weighted by molar-refractivity contribution is 0.203. The molecule has 0 bridgehead atoms. The third-order valence-electron chi connectivity index (χ3n) is 5.84. The second kappa shape index (κ2) is 8.32. The highest BCUT2D eigenvalue weighted by atomic mass is 16.1. The van der Waals surface area contributed by atoms with Crippen molar-refractivity contribution in [1.82, 2.24) is 29.6 Å². The van der Waals surface area contributed by atoms with Crippen LogP contribution in [0.4, 0.5) is 5.95 Å². The summed E-state index contributed by atoms with van der Waals surface area (Å²) in [5.74, 6) is 1.04. The number of rotatable bonds is 6. The van der Waals surface area contributed by atoms with Crippen molar-refractivity contribution in [3.8, 4) is 0 Å². The van der Waals surface area contributed by atoms with Gasteiger partial charge in [-0.3, -0.25) is 14.4 Å². The van der Waals surface area contributed by atoms with Gasteiger partial charge in [-0.15, -0.1) is 0 Å². The second-order valence-electron chi connectivity index (χ2n) is 7.77. The lowest BCUT2D eigenvalue weighted by atomic mass is 9.92. The summed E-state index contributed by atoms with van der Waals surface area (Å²) in [4.78, 5) is 29.3. The maximum Gasteiger partial charge on any atom is 0.259 e. The van der Waals surface area contributed by atoms with Gasteiger partial charge in [0.25, 0.3) is 5.56 Å². The highest BCUT2D eigenvalue weighted by molar-refractivity contribution is 5.78. The third-order valence-corrected chi connectivity index (χ3v) is 5.84. The third kappa shape index (κ3) is 4.17. The number of aromatic amines is 1. The minimum absolute atomic E-state index is 0.0959. The van der Waals surface area contributed by atoms with E-state index in [4.69, 9.17) is 0 Å². The number of aryl methyl sites for hydroxylation is 1. The van der Waals surface area contributed by atoms with E-state index in [1.807, 2.05) is 24.0 Å². The Hall–Kier alpha value is -2.74. The predicted octanol–water partition coefficient (Wildman–Crippen LogP) is 2.28. The number of nitrogens with one attached hydrogen (secondary N) is 1. The molecule has 0 spiro atoms. The number of fused-ring (bicyclic) bond motifs is 1. The van der Waals surface area contributed by atoms with Crippen LogP contribution in [0.25, 0.3) is 10.9 Å². The Morgan fingerprint density at radius 1 is 1.21 bits per heavy atom. The Morgan fingerprint density at radius 2 is 1.97 bits per heavy atom. The number of anilines is 1. The largest absolute Gasteiger partial charge is 0.341 e. The van der Waals surface area contributed by atoms with Crippen molar-refractivity contribution in [1.29, 1.82) is 0 Å². The fourth-order valence-electron chi connectivity index (χ4n) is 4.14. The first-order valence-electron chi connectivity index (χ1n) is 10.4. The Balaban J connectivity index is 1.51. The van der Waals surface area contributed by atoms with E-state index in [1.54, 1.807) is 6.20 Å². The van der Waals surface area contributed by atoms with E-state index in [0.29, 0.717) is 17.3 Å². The molecule has 0 amide bonds. The molecule has 1 fully saturated rings. The lowest BCUT2D eigenvalue weighted by Crippen LogP contribution is -2.33. The molecule has 0 radical (unpaired) electrons. The van der Waals surface area contributed by atoms with Gasteiger partial charge in [-0.1, -0.05) is 0 Å². The average Bonchev–Trinajstić information content (AvgIpc) is 3.14. The molecule has 0 unspecified atom stereocenters. The molecule has 1 aliphatic rings. The molecule has 8 nitrogen and oxygen atoms in total. The van der Waals surface area contributed by atoms with Gasteiger partial charge in [-0.2, -0.15) is 5.10 Å². The average molecular weight is 396 g/mol. The standard InChI is InChI=1S/C21H29N7O/c1-4-28(5-2)21-22-12-17-19(25-21)10-18(24-20(17)29)16-6-8-27(9-7-16)14-15-11-23-26(3)13-15/h10-13,16H,4-9,14H2,1-3H3,(H,24,29). The molecule has 4 heterocycles. The first-order valence-corrected chi connectivity index (χ1v) is 10.4. The van der Waals surface area contributed by atoms with Crippen LogP contribution in [0.2, 0.25) is 0 Å². The van der Waals surface area contributed by atoms with Crippen LogP contribution in [0.15, 0.2) is 29.5 Å². The van der Waals surface area contributed by atoms with Crippen molar-refractivity contribution in [3.05, 3.63) is 46.3 Å². The van der Waals surface area contributed by atoms with Crippen LogP contribution in [-0.2, 0) is 13.6 Å². The normalized spacial score (nSPS) is 15.8. The lowest BCUT2D eigenvalue weighted by Gasteiger charge is -2.31. The number of piperidine rings is 1. The Morgan fingerprint density at radius 3 is 2.62 bits per heavy atom. The highest BCUT2D eigenvalue weighted by Gasteiger charge is 2.22. The zero-order chi connectivity index (χ0) is 20.4. The van der Waals surface area contributed by atoms with Gasteiger partial charge in [-0.05, 0) is 45.8 Å². The fourth-order valence-corrected chi connectivity index (χ4v) is 4.14. The molecule has 1 N–H and O–H groups in total. The van der Waals surface area contributed by atoms with Gasteiger partial charge in [-0.25, -0.2) is 9.97 Å². The van der Waals surface area contributed by atoms with Crippen LogP contribution in [0.1, 0.15) is 43.9 Å². The number of hydrogen-bond donors (Lipinski definition) is 1. The van der Waals surface area contributed by atoms with Crippen molar-refractivity contribution >= 4 is 16.9 Å². The molecule has 0 atom stereocenters. The summed E-state index contributed by atoms with van der Waals surface area (Å²) in [6.45, 7) is 8.79. The minimum atomic E-state index is -0.0959. The van der Waals surface area contributed by atoms with E-state index in [1.165, 1.54) is 5.56 Å². The molecule has 0 aromatic carbocycles. The predicted molar refractivity (Wildman–Crippen MR) is 114 cm³/mol. The summed E-state index contributed by atoms with van der Waals surface area (Å²) in [5.41, 5.74) is 2.87. The number of likely N-dealkylation sites (tertiary alicyclic amines) is 1. The molecule has 29 heavy (non-hydrogen) atoms. The van der Waals surface area contributed by atoms with E-state index in [0.717, 1.165) is 56.8 Å². The number of aromatic nitrogens is 5. The molecule has 3 aromatic heterocycles. The first-order chi connectivity index (χ1) is 14.1. The van der Waals surface area contributed by atoms with E-state index in [-0.39, 0.29) is 5.56 Å². The molecule has 154 valence electrons. The molecule has 1 saturated heterocycles. The summed E-state index contributed by atoms with van der Waals surface area (Å²) in [6, 6.07) is 2.05. The number of H-pyrrole nitrogens is 1. The van der Waals surface area contributed by atoms with Crippen molar-refractivity contribution in [3.63, 3.8) is 0 Å². The van der Waals surface area contributed by atoms with E-state index < -0.39 is 0 Å². The summed E-state index contributed by atoms with van der Waals surface area (Å²) >= 11 is 0. The van der Waals surface area contributed by atoms with Gasteiger partial charge in [0.1, 0.15) is 0 Å². The fraction of sp³-hybridized carbons (Fsp3) is 0.524. The van der Waals surface area contributed by atoms with E-state index >= 15 is 0 Å². The van der Waals surface area contributed by atoms with Crippen LogP contribution in [0, 0.1) is 0 Å². The maximum absolute atomic E-state index is 12.6. The van der Waals surface area contributed by atoms with Gasteiger partial charge in [0.15, 0.2) is 0 Å². The summed E-state index contributed by atoms with van der Waals surface area (Å²) < 4.78 is 1.84. The van der Waals surface area contributed by atoms with Crippen LogP contribution in [-0.4, -0.2) is 55.8 Å². The molecule has 8 heteroatoms. The summed E-state index contributed by atoms with van der Waals surface area (Å²) in [6.07, 6.45) is 7.70. The molecule has 3 aromatic rings. The molecule has 0 aliphatic carbocycles. The quantitative estimate of drug-likeness (QED) is 0.689. The minimum Gasteiger partial charge on any atom is -0.341 e. The molecular formula is C21H29N7O. The van der Waals surface area contributed by atoms with Crippen molar-refractivity contribution < 1.29 is 0 Å². The first kappa shape index (κ1) is 19.6. The van der Waals surface area contributed by atoms with Crippen LogP contribution < -0.4 is 10.5 Å². The Bertz CT molecular complexity index is 1030. The molecule has 4 rings (SSSR count). The number of hydrogen-bond acceptors (Lipinski definition) is 6.